The number of hydrogen-bond donors (Lipinski definition) is 2. The van der Waals surface area contributed by atoms with Crippen LogP contribution in [0.5, 0.6) is 11.5 Å². The first-order valence-corrected chi connectivity index (χ1v) is 6.00. The van der Waals surface area contributed by atoms with E-state index in [1.165, 1.54) is 31.4 Å². The summed E-state index contributed by atoms with van der Waals surface area (Å²) >= 11 is 0. The highest BCUT2D eigenvalue weighted by molar-refractivity contribution is 5.94. The number of carbonyl (C=O) groups is 1. The van der Waals surface area contributed by atoms with Crippen LogP contribution in [0.15, 0.2) is 42.5 Å². The van der Waals surface area contributed by atoms with Crippen molar-refractivity contribution in [1.82, 2.24) is 5.32 Å². The van der Waals surface area contributed by atoms with E-state index in [1.807, 2.05) is 0 Å². The summed E-state index contributed by atoms with van der Waals surface area (Å²) in [6, 6.07) is 10.1. The highest BCUT2D eigenvalue weighted by Gasteiger charge is 2.08. The molecule has 0 aliphatic carbocycles. The second-order valence-electron chi connectivity index (χ2n) is 4.19. The van der Waals surface area contributed by atoms with Gasteiger partial charge in [-0.1, -0.05) is 6.07 Å². The molecule has 104 valence electrons. The van der Waals surface area contributed by atoms with Crippen LogP contribution in [-0.2, 0) is 6.54 Å². The Hall–Kier alpha value is -2.56. The minimum atomic E-state index is -0.470. The van der Waals surface area contributed by atoms with Crippen LogP contribution in [0.2, 0.25) is 0 Å². The number of halogens is 1. The summed E-state index contributed by atoms with van der Waals surface area (Å²) in [5.74, 6) is -0.239. The van der Waals surface area contributed by atoms with Gasteiger partial charge >= 0.3 is 0 Å². The van der Waals surface area contributed by atoms with Crippen molar-refractivity contribution in [1.29, 1.82) is 0 Å². The first-order valence-electron chi connectivity index (χ1n) is 6.00. The number of rotatable bonds is 4. The first kappa shape index (κ1) is 13.9. The average molecular weight is 275 g/mol. The molecule has 0 aliphatic heterocycles. The van der Waals surface area contributed by atoms with E-state index >= 15 is 0 Å². The normalized spacial score (nSPS) is 10.1. The van der Waals surface area contributed by atoms with E-state index in [-0.39, 0.29) is 17.9 Å². The maximum Gasteiger partial charge on any atom is 0.251 e. The lowest BCUT2D eigenvalue weighted by atomic mass is 10.1. The fraction of sp³-hybridized carbons (Fsp3) is 0.133. The fourth-order valence-electron chi connectivity index (χ4n) is 1.74. The third kappa shape index (κ3) is 3.26. The Bertz CT molecular complexity index is 628. The number of amides is 1. The number of aromatic hydroxyl groups is 1. The molecule has 0 aliphatic rings. The summed E-state index contributed by atoms with van der Waals surface area (Å²) in [7, 11) is 1.52. The van der Waals surface area contributed by atoms with Crippen LogP contribution in [0.25, 0.3) is 0 Å². The van der Waals surface area contributed by atoms with E-state index < -0.39 is 11.7 Å². The molecule has 2 N–H and O–H groups in total. The van der Waals surface area contributed by atoms with Gasteiger partial charge in [-0.2, -0.15) is 0 Å². The van der Waals surface area contributed by atoms with Crippen LogP contribution in [-0.4, -0.2) is 18.1 Å². The third-order valence-corrected chi connectivity index (χ3v) is 2.81. The number of hydrogen-bond acceptors (Lipinski definition) is 3. The number of phenolic OH excluding ortho intramolecular Hbond substituents is 1. The molecule has 0 bridgehead atoms. The zero-order chi connectivity index (χ0) is 14.5. The Morgan fingerprint density at radius 1 is 1.30 bits per heavy atom. The summed E-state index contributed by atoms with van der Waals surface area (Å²) in [5.41, 5.74) is 0.751. The molecule has 0 atom stereocenters. The van der Waals surface area contributed by atoms with E-state index in [0.717, 1.165) is 6.07 Å². The lowest BCUT2D eigenvalue weighted by Crippen LogP contribution is -2.22. The molecular weight excluding hydrogens is 261 g/mol. The van der Waals surface area contributed by atoms with E-state index in [1.54, 1.807) is 12.1 Å². The molecule has 2 aromatic carbocycles. The minimum absolute atomic E-state index is 0.0605. The van der Waals surface area contributed by atoms with Crippen molar-refractivity contribution in [2.45, 2.75) is 6.54 Å². The van der Waals surface area contributed by atoms with Crippen LogP contribution < -0.4 is 10.1 Å². The highest BCUT2D eigenvalue weighted by Crippen LogP contribution is 2.22. The minimum Gasteiger partial charge on any atom is -0.508 e. The van der Waals surface area contributed by atoms with E-state index in [9.17, 15) is 14.3 Å². The topological polar surface area (TPSA) is 58.6 Å². The molecule has 0 saturated carbocycles. The summed E-state index contributed by atoms with van der Waals surface area (Å²) < 4.78 is 18.1. The number of nitrogens with one attached hydrogen (secondary N) is 1. The SMILES string of the molecule is COc1ccc(O)c(CNC(=O)c2cccc(F)c2)c1. The Balaban J connectivity index is 2.07. The Kier molecular flexibility index (Phi) is 4.20. The molecule has 0 unspecified atom stereocenters. The largest absolute Gasteiger partial charge is 0.508 e. The van der Waals surface area contributed by atoms with Crippen molar-refractivity contribution < 1.29 is 19.0 Å². The predicted molar refractivity (Wildman–Crippen MR) is 72.2 cm³/mol. The van der Waals surface area contributed by atoms with Crippen molar-refractivity contribution in [3.63, 3.8) is 0 Å². The molecule has 2 rings (SSSR count). The van der Waals surface area contributed by atoms with Crippen molar-refractivity contribution in [2.24, 2.45) is 0 Å². The molecule has 2 aromatic rings. The van der Waals surface area contributed by atoms with Crippen LogP contribution in [0.4, 0.5) is 4.39 Å². The lowest BCUT2D eigenvalue weighted by molar-refractivity contribution is 0.0950. The third-order valence-electron chi connectivity index (χ3n) is 2.81. The van der Waals surface area contributed by atoms with Gasteiger partial charge in [0.1, 0.15) is 17.3 Å². The van der Waals surface area contributed by atoms with Crippen LogP contribution in [0, 0.1) is 5.82 Å². The molecule has 20 heavy (non-hydrogen) atoms. The van der Waals surface area contributed by atoms with Gasteiger partial charge < -0.3 is 15.2 Å². The monoisotopic (exact) mass is 275 g/mol. The summed E-state index contributed by atoms with van der Waals surface area (Å²) in [5, 5.41) is 12.3. The number of benzene rings is 2. The molecular formula is C15H14FNO3. The molecule has 0 fully saturated rings. The van der Waals surface area contributed by atoms with Crippen LogP contribution in [0.1, 0.15) is 15.9 Å². The quantitative estimate of drug-likeness (QED) is 0.901. The predicted octanol–water partition coefficient (Wildman–Crippen LogP) is 2.47. The first-order chi connectivity index (χ1) is 9.60. The average Bonchev–Trinajstić information content (AvgIpc) is 2.46. The maximum atomic E-state index is 13.0. The molecule has 0 spiro atoms. The van der Waals surface area contributed by atoms with Crippen LogP contribution in [0.3, 0.4) is 0 Å². The van der Waals surface area contributed by atoms with E-state index in [0.29, 0.717) is 11.3 Å². The van der Waals surface area contributed by atoms with Gasteiger partial charge in [0.15, 0.2) is 0 Å². The summed E-state index contributed by atoms with van der Waals surface area (Å²) in [6.45, 7) is 0.123. The van der Waals surface area contributed by atoms with Crippen molar-refractivity contribution >= 4 is 5.91 Å². The molecule has 5 heteroatoms. The van der Waals surface area contributed by atoms with Gasteiger partial charge in [-0.3, -0.25) is 4.79 Å². The number of methoxy groups -OCH3 is 1. The van der Waals surface area contributed by atoms with Gasteiger partial charge in [0.25, 0.3) is 5.91 Å². The van der Waals surface area contributed by atoms with E-state index in [2.05, 4.69) is 5.32 Å². The van der Waals surface area contributed by atoms with Crippen molar-refractivity contribution in [3.8, 4) is 11.5 Å². The van der Waals surface area contributed by atoms with Crippen molar-refractivity contribution in [3.05, 3.63) is 59.4 Å². The standard InChI is InChI=1S/C15H14FNO3/c1-20-13-5-6-14(18)11(8-13)9-17-15(19)10-3-2-4-12(16)7-10/h2-8,18H,9H2,1H3,(H,17,19). The Labute approximate surface area is 115 Å². The zero-order valence-corrected chi connectivity index (χ0v) is 10.9. The van der Waals surface area contributed by atoms with Crippen molar-refractivity contribution in [2.75, 3.05) is 7.11 Å². The smallest absolute Gasteiger partial charge is 0.251 e. The molecule has 0 radical (unpaired) electrons. The zero-order valence-electron chi connectivity index (χ0n) is 10.9. The molecule has 0 saturated heterocycles. The Morgan fingerprint density at radius 3 is 2.80 bits per heavy atom. The van der Waals surface area contributed by atoms with Gasteiger partial charge in [0.2, 0.25) is 0 Å². The van der Waals surface area contributed by atoms with Gasteiger partial charge in [0, 0.05) is 17.7 Å². The fourth-order valence-corrected chi connectivity index (χ4v) is 1.74. The molecule has 1 amide bonds. The molecule has 4 nitrogen and oxygen atoms in total. The lowest BCUT2D eigenvalue weighted by Gasteiger charge is -2.09. The Morgan fingerprint density at radius 2 is 2.10 bits per heavy atom. The second kappa shape index (κ2) is 6.06. The van der Waals surface area contributed by atoms with Gasteiger partial charge in [-0.25, -0.2) is 4.39 Å². The number of phenols is 1. The van der Waals surface area contributed by atoms with Crippen LogP contribution >= 0.6 is 0 Å². The maximum absolute atomic E-state index is 13.0. The van der Waals surface area contributed by atoms with Gasteiger partial charge in [-0.15, -0.1) is 0 Å². The number of carbonyl (C=O) groups excluding carboxylic acids is 1. The van der Waals surface area contributed by atoms with E-state index in [4.69, 9.17) is 4.74 Å². The summed E-state index contributed by atoms with van der Waals surface area (Å²) in [6.07, 6.45) is 0. The second-order valence-corrected chi connectivity index (χ2v) is 4.19. The summed E-state index contributed by atoms with van der Waals surface area (Å²) in [4.78, 5) is 11.8. The van der Waals surface area contributed by atoms with Gasteiger partial charge in [-0.05, 0) is 36.4 Å². The van der Waals surface area contributed by atoms with Gasteiger partial charge in [0.05, 0.1) is 7.11 Å². The molecule has 0 heterocycles. The number of ether oxygens (including phenoxy) is 1. The highest BCUT2D eigenvalue weighted by atomic mass is 19.1. The molecule has 0 aromatic heterocycles.